The molecule has 5 heteroatoms. The number of esters is 1. The average molecular weight is 305 g/mol. The molecule has 0 heterocycles. The molecule has 3 N–H and O–H groups in total. The lowest BCUT2D eigenvalue weighted by molar-refractivity contribution is 0.0506. The van der Waals surface area contributed by atoms with Crippen LogP contribution in [-0.4, -0.2) is 12.6 Å². The number of benzene rings is 2. The average Bonchev–Trinajstić information content (AvgIpc) is 2.46. The summed E-state index contributed by atoms with van der Waals surface area (Å²) >= 11 is 5.96. The van der Waals surface area contributed by atoms with Crippen molar-refractivity contribution in [2.75, 3.05) is 17.7 Å². The Labute approximate surface area is 128 Å². The minimum absolute atomic E-state index is 0.379. The molecule has 0 aliphatic rings. The van der Waals surface area contributed by atoms with Gasteiger partial charge in [-0.15, -0.1) is 0 Å². The van der Waals surface area contributed by atoms with Crippen LogP contribution in [-0.2, 0) is 4.74 Å². The van der Waals surface area contributed by atoms with Gasteiger partial charge in [-0.2, -0.15) is 0 Å². The number of nitrogen functional groups attached to an aromatic ring is 1. The van der Waals surface area contributed by atoms with Gasteiger partial charge in [-0.25, -0.2) is 4.79 Å². The molecule has 2 aromatic carbocycles. The minimum atomic E-state index is -0.395. The maximum atomic E-state index is 12.1. The van der Waals surface area contributed by atoms with E-state index in [-0.39, 0.29) is 0 Å². The summed E-state index contributed by atoms with van der Waals surface area (Å²) in [7, 11) is 0. The Morgan fingerprint density at radius 1 is 1.29 bits per heavy atom. The van der Waals surface area contributed by atoms with Gasteiger partial charge < -0.3 is 15.8 Å². The minimum Gasteiger partial charge on any atom is -0.462 e. The molecule has 0 spiro atoms. The van der Waals surface area contributed by atoms with Gasteiger partial charge in [-0.3, -0.25) is 0 Å². The summed E-state index contributed by atoms with van der Waals surface area (Å²) in [4.78, 5) is 12.1. The zero-order chi connectivity index (χ0) is 15.2. The number of rotatable bonds is 5. The second-order valence-electron chi connectivity index (χ2n) is 4.58. The van der Waals surface area contributed by atoms with Crippen LogP contribution in [0.1, 0.15) is 23.7 Å². The van der Waals surface area contributed by atoms with Crippen LogP contribution in [0, 0.1) is 0 Å². The molecule has 0 saturated carbocycles. The van der Waals surface area contributed by atoms with E-state index in [2.05, 4.69) is 5.32 Å². The van der Waals surface area contributed by atoms with E-state index in [1.807, 2.05) is 19.1 Å². The molecule has 0 radical (unpaired) electrons. The summed E-state index contributed by atoms with van der Waals surface area (Å²) in [6.07, 6.45) is 0.769. The van der Waals surface area contributed by atoms with Gasteiger partial charge in [-0.05, 0) is 42.8 Å². The maximum Gasteiger partial charge on any atom is 0.340 e. The van der Waals surface area contributed by atoms with Crippen LogP contribution in [0.15, 0.2) is 42.5 Å². The molecule has 0 aromatic heterocycles. The summed E-state index contributed by atoms with van der Waals surface area (Å²) in [5, 5.41) is 3.77. The molecule has 2 rings (SSSR count). The molecule has 4 nitrogen and oxygen atoms in total. The van der Waals surface area contributed by atoms with Crippen LogP contribution in [0.3, 0.4) is 0 Å². The number of carbonyl (C=O) groups excluding carboxylic acids is 1. The van der Waals surface area contributed by atoms with E-state index in [0.717, 1.165) is 12.1 Å². The number of carbonyl (C=O) groups is 1. The fourth-order valence-electron chi connectivity index (χ4n) is 1.83. The topological polar surface area (TPSA) is 64.3 Å². The van der Waals surface area contributed by atoms with Crippen LogP contribution >= 0.6 is 11.6 Å². The third kappa shape index (κ3) is 4.13. The van der Waals surface area contributed by atoms with Crippen molar-refractivity contribution >= 4 is 34.6 Å². The van der Waals surface area contributed by atoms with E-state index < -0.39 is 5.97 Å². The molecule has 0 fully saturated rings. The summed E-state index contributed by atoms with van der Waals surface area (Å²) in [5.74, 6) is -0.395. The van der Waals surface area contributed by atoms with E-state index >= 15 is 0 Å². The highest BCUT2D eigenvalue weighted by Crippen LogP contribution is 2.25. The molecule has 0 amide bonds. The van der Waals surface area contributed by atoms with Crippen LogP contribution < -0.4 is 11.1 Å². The predicted molar refractivity (Wildman–Crippen MR) is 86.2 cm³/mol. The lowest BCUT2D eigenvalue weighted by Gasteiger charge is -2.12. The van der Waals surface area contributed by atoms with Gasteiger partial charge in [0.25, 0.3) is 0 Å². The second kappa shape index (κ2) is 6.99. The van der Waals surface area contributed by atoms with Crippen molar-refractivity contribution in [3.05, 3.63) is 53.1 Å². The van der Waals surface area contributed by atoms with Crippen molar-refractivity contribution in [1.29, 1.82) is 0 Å². The summed E-state index contributed by atoms with van der Waals surface area (Å²) in [5.41, 5.74) is 8.09. The fraction of sp³-hybridized carbons (Fsp3) is 0.188. The van der Waals surface area contributed by atoms with Gasteiger partial charge >= 0.3 is 5.97 Å². The molecule has 0 atom stereocenters. The van der Waals surface area contributed by atoms with E-state index in [1.165, 1.54) is 0 Å². The number of nitrogens with two attached hydrogens (primary N) is 1. The zero-order valence-electron chi connectivity index (χ0n) is 11.7. The quantitative estimate of drug-likeness (QED) is 0.641. The first kappa shape index (κ1) is 15.2. The molecule has 0 unspecified atom stereocenters. The van der Waals surface area contributed by atoms with Gasteiger partial charge in [0.1, 0.15) is 0 Å². The largest absolute Gasteiger partial charge is 0.462 e. The molecular formula is C16H17ClN2O2. The van der Waals surface area contributed by atoms with E-state index in [1.54, 1.807) is 30.3 Å². The number of hydrogen-bond acceptors (Lipinski definition) is 4. The Hall–Kier alpha value is -2.20. The molecule has 110 valence electrons. The van der Waals surface area contributed by atoms with E-state index in [0.29, 0.717) is 28.6 Å². The summed E-state index contributed by atoms with van der Waals surface area (Å²) < 4.78 is 5.17. The monoisotopic (exact) mass is 304 g/mol. The van der Waals surface area contributed by atoms with E-state index in [4.69, 9.17) is 22.1 Å². The van der Waals surface area contributed by atoms with Gasteiger partial charge in [0.15, 0.2) is 0 Å². The van der Waals surface area contributed by atoms with Crippen LogP contribution in [0.25, 0.3) is 0 Å². The van der Waals surface area contributed by atoms with Crippen LogP contribution in [0.4, 0.5) is 17.1 Å². The van der Waals surface area contributed by atoms with Crippen molar-refractivity contribution in [2.45, 2.75) is 13.3 Å². The number of hydrogen-bond donors (Lipinski definition) is 2. The number of nitrogens with one attached hydrogen (secondary N) is 1. The van der Waals surface area contributed by atoms with Crippen molar-refractivity contribution in [1.82, 2.24) is 0 Å². The molecule has 0 aliphatic heterocycles. The Morgan fingerprint density at radius 2 is 2.10 bits per heavy atom. The smallest absolute Gasteiger partial charge is 0.340 e. The van der Waals surface area contributed by atoms with Gasteiger partial charge in [-0.1, -0.05) is 24.6 Å². The molecule has 21 heavy (non-hydrogen) atoms. The first-order chi connectivity index (χ1) is 10.1. The molecular weight excluding hydrogens is 288 g/mol. The zero-order valence-corrected chi connectivity index (χ0v) is 12.5. The molecule has 2 aromatic rings. The highest BCUT2D eigenvalue weighted by atomic mass is 35.5. The molecule has 0 saturated heterocycles. The predicted octanol–water partition coefficient (Wildman–Crippen LogP) is 4.23. The summed E-state index contributed by atoms with van der Waals surface area (Å²) in [6, 6.07) is 12.3. The standard InChI is InChI=1S/C16H17ClN2O2/c1-2-8-21-16(20)14-10-12(18)6-7-15(14)19-13-5-3-4-11(17)9-13/h3-7,9-10,19H,2,8,18H2,1H3. The summed E-state index contributed by atoms with van der Waals surface area (Å²) in [6.45, 7) is 2.32. The van der Waals surface area contributed by atoms with Crippen molar-refractivity contribution in [2.24, 2.45) is 0 Å². The third-order valence-electron chi connectivity index (χ3n) is 2.80. The van der Waals surface area contributed by atoms with Gasteiger partial charge in [0, 0.05) is 16.4 Å². The van der Waals surface area contributed by atoms with Gasteiger partial charge in [0.2, 0.25) is 0 Å². The van der Waals surface area contributed by atoms with E-state index in [9.17, 15) is 4.79 Å². The first-order valence-corrected chi connectivity index (χ1v) is 7.07. The second-order valence-corrected chi connectivity index (χ2v) is 5.01. The van der Waals surface area contributed by atoms with Crippen molar-refractivity contribution in [3.63, 3.8) is 0 Å². The SMILES string of the molecule is CCCOC(=O)c1cc(N)ccc1Nc1cccc(Cl)c1. The third-order valence-corrected chi connectivity index (χ3v) is 3.04. The first-order valence-electron chi connectivity index (χ1n) is 6.69. The van der Waals surface area contributed by atoms with Gasteiger partial charge in [0.05, 0.1) is 17.9 Å². The Morgan fingerprint density at radius 3 is 2.81 bits per heavy atom. The molecule has 0 bridgehead atoms. The Kier molecular flexibility index (Phi) is 5.06. The lowest BCUT2D eigenvalue weighted by Crippen LogP contribution is -2.09. The number of halogens is 1. The van der Waals surface area contributed by atoms with Crippen LogP contribution in [0.2, 0.25) is 5.02 Å². The highest BCUT2D eigenvalue weighted by molar-refractivity contribution is 6.30. The molecule has 0 aliphatic carbocycles. The Bertz CT molecular complexity index is 644. The highest BCUT2D eigenvalue weighted by Gasteiger charge is 2.13. The van der Waals surface area contributed by atoms with Crippen LogP contribution in [0.5, 0.6) is 0 Å². The number of anilines is 3. The van der Waals surface area contributed by atoms with Crippen molar-refractivity contribution < 1.29 is 9.53 Å². The number of ether oxygens (including phenoxy) is 1. The normalized spacial score (nSPS) is 10.2. The van der Waals surface area contributed by atoms with Crippen molar-refractivity contribution in [3.8, 4) is 0 Å². The maximum absolute atomic E-state index is 12.1. The fourth-order valence-corrected chi connectivity index (χ4v) is 2.02. The Balaban J connectivity index is 2.28. The lowest BCUT2D eigenvalue weighted by atomic mass is 10.1.